The Morgan fingerprint density at radius 3 is 1.78 bits per heavy atom. The van der Waals surface area contributed by atoms with Crippen molar-refractivity contribution < 1.29 is 19.5 Å². The van der Waals surface area contributed by atoms with Crippen LogP contribution in [0.25, 0.3) is 0 Å². The predicted molar refractivity (Wildman–Crippen MR) is 144 cm³/mol. The minimum atomic E-state index is -1.45. The number of hydrogen-bond acceptors (Lipinski definition) is 5. The van der Waals surface area contributed by atoms with Gasteiger partial charge in [0.2, 0.25) is 5.91 Å². The topological polar surface area (TPSA) is 95.5 Å². The lowest BCUT2D eigenvalue weighted by atomic mass is 9.84. The molecule has 1 amide bonds. The number of benzene rings is 2. The van der Waals surface area contributed by atoms with Crippen LogP contribution in [-0.2, 0) is 14.4 Å². The van der Waals surface area contributed by atoms with E-state index in [2.05, 4.69) is 10.6 Å². The SMILES string of the molecule is CN[C@@H](C)C(=O)C[C@H](C(=O)N[C@H](C(=O)CCC(c1ccccc1)c1ccccc1)C(C)(C)O)C(C)C. The van der Waals surface area contributed by atoms with E-state index in [1.165, 1.54) is 13.8 Å². The van der Waals surface area contributed by atoms with Crippen molar-refractivity contribution in [2.75, 3.05) is 7.05 Å². The average molecular weight is 495 g/mol. The van der Waals surface area contributed by atoms with Crippen molar-refractivity contribution in [3.05, 3.63) is 71.8 Å². The Hall–Kier alpha value is -2.83. The molecular formula is C30H42N2O4. The Morgan fingerprint density at radius 2 is 1.36 bits per heavy atom. The molecule has 0 unspecified atom stereocenters. The van der Waals surface area contributed by atoms with Gasteiger partial charge in [-0.05, 0) is 51.3 Å². The first-order valence-corrected chi connectivity index (χ1v) is 12.8. The minimum absolute atomic E-state index is 0.0126. The van der Waals surface area contributed by atoms with Crippen LogP contribution < -0.4 is 10.6 Å². The second-order valence-electron chi connectivity index (χ2n) is 10.5. The zero-order valence-electron chi connectivity index (χ0n) is 22.5. The molecule has 2 aromatic carbocycles. The smallest absolute Gasteiger partial charge is 0.224 e. The molecule has 0 saturated heterocycles. The van der Waals surface area contributed by atoms with Crippen molar-refractivity contribution >= 4 is 17.5 Å². The molecule has 2 rings (SSSR count). The summed E-state index contributed by atoms with van der Waals surface area (Å²) in [5.74, 6) is -1.36. The summed E-state index contributed by atoms with van der Waals surface area (Å²) in [6.07, 6.45) is 0.801. The Bertz CT molecular complexity index is 944. The molecule has 6 heteroatoms. The lowest BCUT2D eigenvalue weighted by molar-refractivity contribution is -0.137. The van der Waals surface area contributed by atoms with Crippen molar-refractivity contribution in [3.8, 4) is 0 Å². The van der Waals surface area contributed by atoms with Crippen LogP contribution in [0.5, 0.6) is 0 Å². The van der Waals surface area contributed by atoms with Crippen molar-refractivity contribution in [3.63, 3.8) is 0 Å². The lowest BCUT2D eigenvalue weighted by Gasteiger charge is -2.32. The highest BCUT2D eigenvalue weighted by molar-refractivity contribution is 5.93. The second kappa shape index (κ2) is 13.5. The highest BCUT2D eigenvalue weighted by Crippen LogP contribution is 2.30. The predicted octanol–water partition coefficient (Wildman–Crippen LogP) is 4.26. The van der Waals surface area contributed by atoms with E-state index in [0.717, 1.165) is 11.1 Å². The van der Waals surface area contributed by atoms with Crippen LogP contribution in [-0.4, -0.2) is 47.3 Å². The Balaban J connectivity index is 2.19. The van der Waals surface area contributed by atoms with Crippen LogP contribution in [0.1, 0.15) is 70.9 Å². The van der Waals surface area contributed by atoms with Gasteiger partial charge in [0.1, 0.15) is 11.8 Å². The van der Waals surface area contributed by atoms with Gasteiger partial charge in [0.25, 0.3) is 0 Å². The molecule has 0 radical (unpaired) electrons. The summed E-state index contributed by atoms with van der Waals surface area (Å²) in [4.78, 5) is 39.1. The molecule has 6 nitrogen and oxygen atoms in total. The largest absolute Gasteiger partial charge is 0.388 e. The first-order valence-electron chi connectivity index (χ1n) is 12.8. The molecule has 0 saturated carbocycles. The van der Waals surface area contributed by atoms with E-state index in [1.54, 1.807) is 14.0 Å². The van der Waals surface area contributed by atoms with Crippen LogP contribution >= 0.6 is 0 Å². The Labute approximate surface area is 215 Å². The molecule has 0 aromatic heterocycles. The number of rotatable bonds is 14. The second-order valence-corrected chi connectivity index (χ2v) is 10.5. The summed E-state index contributed by atoms with van der Waals surface area (Å²) in [5, 5.41) is 16.5. The normalized spacial score (nSPS) is 14.4. The number of hydrogen-bond donors (Lipinski definition) is 3. The third-order valence-electron chi connectivity index (χ3n) is 6.88. The van der Waals surface area contributed by atoms with Gasteiger partial charge in [0.05, 0.1) is 11.6 Å². The number of amides is 1. The highest BCUT2D eigenvalue weighted by atomic mass is 16.3. The zero-order valence-corrected chi connectivity index (χ0v) is 22.5. The molecule has 0 aliphatic carbocycles. The van der Waals surface area contributed by atoms with Gasteiger partial charge in [-0.3, -0.25) is 14.4 Å². The molecule has 0 heterocycles. The van der Waals surface area contributed by atoms with E-state index >= 15 is 0 Å². The standard InChI is InChI=1S/C30H42N2O4/c1-20(2)25(19-27(34)21(3)31-6)29(35)32-28(30(4,5)36)26(33)18-17-24(22-13-9-7-10-14-22)23-15-11-8-12-16-23/h7-16,20-21,24-25,28,31,36H,17-19H2,1-6H3,(H,32,35)/t21-,25-,28+/m0/s1. The summed E-state index contributed by atoms with van der Waals surface area (Å²) in [6, 6.07) is 18.6. The molecule has 2 aromatic rings. The van der Waals surface area contributed by atoms with Gasteiger partial charge < -0.3 is 15.7 Å². The Morgan fingerprint density at radius 1 is 0.861 bits per heavy atom. The molecule has 0 aliphatic heterocycles. The average Bonchev–Trinajstić information content (AvgIpc) is 2.85. The number of nitrogens with one attached hydrogen (secondary N) is 2. The zero-order chi connectivity index (χ0) is 26.9. The molecule has 0 fully saturated rings. The van der Waals surface area contributed by atoms with E-state index in [1.807, 2.05) is 74.5 Å². The lowest BCUT2D eigenvalue weighted by Crippen LogP contribution is -2.56. The van der Waals surface area contributed by atoms with Gasteiger partial charge in [-0.1, -0.05) is 74.5 Å². The summed E-state index contributed by atoms with van der Waals surface area (Å²) in [6.45, 7) is 8.58. The Kier molecular flexibility index (Phi) is 11.0. The van der Waals surface area contributed by atoms with Crippen LogP contribution in [0.2, 0.25) is 0 Å². The quantitative estimate of drug-likeness (QED) is 0.365. The molecule has 0 aliphatic rings. The maximum atomic E-state index is 13.4. The number of aliphatic hydroxyl groups is 1. The summed E-state index contributed by atoms with van der Waals surface area (Å²) < 4.78 is 0. The van der Waals surface area contributed by atoms with E-state index < -0.39 is 17.6 Å². The van der Waals surface area contributed by atoms with E-state index in [4.69, 9.17) is 0 Å². The monoisotopic (exact) mass is 494 g/mol. The van der Waals surface area contributed by atoms with E-state index in [0.29, 0.717) is 6.42 Å². The van der Waals surface area contributed by atoms with Crippen molar-refractivity contribution in [2.45, 2.75) is 77.5 Å². The third-order valence-corrected chi connectivity index (χ3v) is 6.88. The molecule has 0 bridgehead atoms. The van der Waals surface area contributed by atoms with Crippen LogP contribution in [0, 0.1) is 11.8 Å². The van der Waals surface area contributed by atoms with E-state index in [-0.39, 0.29) is 48.2 Å². The maximum absolute atomic E-state index is 13.4. The van der Waals surface area contributed by atoms with Crippen molar-refractivity contribution in [1.82, 2.24) is 10.6 Å². The molecule has 36 heavy (non-hydrogen) atoms. The van der Waals surface area contributed by atoms with Gasteiger partial charge in [-0.15, -0.1) is 0 Å². The van der Waals surface area contributed by atoms with Crippen LogP contribution in [0.4, 0.5) is 0 Å². The molecule has 0 spiro atoms. The summed E-state index contributed by atoms with van der Waals surface area (Å²) in [7, 11) is 1.70. The molecule has 3 atom stereocenters. The maximum Gasteiger partial charge on any atom is 0.224 e. The fourth-order valence-corrected chi connectivity index (χ4v) is 4.41. The number of Topliss-reactive ketones (excluding diaryl/α,β-unsaturated/α-hetero) is 2. The molecule has 3 N–H and O–H groups in total. The van der Waals surface area contributed by atoms with Gasteiger partial charge in [-0.25, -0.2) is 0 Å². The molecular weight excluding hydrogens is 452 g/mol. The van der Waals surface area contributed by atoms with Crippen LogP contribution in [0.15, 0.2) is 60.7 Å². The van der Waals surface area contributed by atoms with Crippen LogP contribution in [0.3, 0.4) is 0 Å². The minimum Gasteiger partial charge on any atom is -0.388 e. The van der Waals surface area contributed by atoms with Crippen molar-refractivity contribution in [2.24, 2.45) is 11.8 Å². The fraction of sp³-hybridized carbons (Fsp3) is 0.500. The number of carbonyl (C=O) groups is 3. The number of ketones is 2. The number of likely N-dealkylation sites (N-methyl/N-ethyl adjacent to an activating group) is 1. The summed E-state index contributed by atoms with van der Waals surface area (Å²) in [5.41, 5.74) is 0.765. The fourth-order valence-electron chi connectivity index (χ4n) is 4.41. The third kappa shape index (κ3) is 8.38. The van der Waals surface area contributed by atoms with Gasteiger partial charge in [0.15, 0.2) is 5.78 Å². The number of carbonyl (C=O) groups excluding carboxylic acids is 3. The summed E-state index contributed by atoms with van der Waals surface area (Å²) >= 11 is 0. The molecule has 196 valence electrons. The van der Waals surface area contributed by atoms with Crippen molar-refractivity contribution in [1.29, 1.82) is 0 Å². The van der Waals surface area contributed by atoms with Gasteiger partial charge >= 0.3 is 0 Å². The first kappa shape index (κ1) is 29.4. The van der Waals surface area contributed by atoms with Gasteiger partial charge in [0, 0.05) is 24.7 Å². The van der Waals surface area contributed by atoms with Gasteiger partial charge in [-0.2, -0.15) is 0 Å². The first-order chi connectivity index (χ1) is 17.0. The highest BCUT2D eigenvalue weighted by Gasteiger charge is 2.37. The van der Waals surface area contributed by atoms with E-state index in [9.17, 15) is 19.5 Å².